The monoisotopic (exact) mass is 263 g/mol. The Labute approximate surface area is 91.0 Å². The van der Waals surface area contributed by atoms with E-state index in [0.717, 1.165) is 0 Å². The van der Waals surface area contributed by atoms with Crippen molar-refractivity contribution in [3.8, 4) is 0 Å². The second kappa shape index (κ2) is 4.12. The molecule has 0 unspecified atom stereocenters. The number of hydrogen-bond acceptors (Lipinski definition) is 1. The molecule has 0 bridgehead atoms. The Bertz CT molecular complexity index is 383. The van der Waals surface area contributed by atoms with Crippen LogP contribution in [0.1, 0.15) is 16.8 Å². The van der Waals surface area contributed by atoms with Gasteiger partial charge in [-0.15, -0.1) is 11.6 Å². The van der Waals surface area contributed by atoms with E-state index in [1.165, 1.54) is 0 Å². The third-order valence-corrected chi connectivity index (χ3v) is 1.98. The highest BCUT2D eigenvalue weighted by molar-refractivity contribution is 6.17. The zero-order valence-corrected chi connectivity index (χ0v) is 8.21. The second-order valence-corrected chi connectivity index (χ2v) is 3.11. The lowest BCUT2D eigenvalue weighted by Crippen LogP contribution is -2.14. The van der Waals surface area contributed by atoms with Gasteiger partial charge in [0.15, 0.2) is 0 Å². The standard InChI is InChI=1S/C8H4ClF6N/c9-2-6-5(8(13,14)15)1-4(3-16-6)7(10,11)12/h1,3H,2H2. The van der Waals surface area contributed by atoms with Crippen LogP contribution in [0.5, 0.6) is 0 Å². The lowest BCUT2D eigenvalue weighted by Gasteiger charge is -2.13. The van der Waals surface area contributed by atoms with Crippen molar-refractivity contribution in [2.75, 3.05) is 0 Å². The Morgan fingerprint density at radius 2 is 1.62 bits per heavy atom. The van der Waals surface area contributed by atoms with Gasteiger partial charge < -0.3 is 0 Å². The van der Waals surface area contributed by atoms with Crippen LogP contribution in [-0.4, -0.2) is 4.98 Å². The Morgan fingerprint density at radius 3 is 2.00 bits per heavy atom. The van der Waals surface area contributed by atoms with E-state index in [9.17, 15) is 26.3 Å². The summed E-state index contributed by atoms with van der Waals surface area (Å²) in [6.45, 7) is 0. The maximum atomic E-state index is 12.3. The van der Waals surface area contributed by atoms with E-state index >= 15 is 0 Å². The molecule has 1 nitrogen and oxygen atoms in total. The van der Waals surface area contributed by atoms with E-state index in [-0.39, 0.29) is 6.07 Å². The quantitative estimate of drug-likeness (QED) is 0.554. The fraction of sp³-hybridized carbons (Fsp3) is 0.375. The van der Waals surface area contributed by atoms with Gasteiger partial charge in [0.25, 0.3) is 0 Å². The number of rotatable bonds is 1. The number of hydrogen-bond donors (Lipinski definition) is 0. The van der Waals surface area contributed by atoms with Crippen LogP contribution >= 0.6 is 11.6 Å². The summed E-state index contributed by atoms with van der Waals surface area (Å²) in [5.74, 6) is -0.604. The van der Waals surface area contributed by atoms with Gasteiger partial charge in [-0.2, -0.15) is 26.3 Å². The first-order valence-corrected chi connectivity index (χ1v) is 4.39. The summed E-state index contributed by atoms with van der Waals surface area (Å²) in [5.41, 5.74) is -3.53. The van der Waals surface area contributed by atoms with Gasteiger partial charge in [-0.25, -0.2) is 0 Å². The first-order chi connectivity index (χ1) is 7.16. The van der Waals surface area contributed by atoms with Crippen molar-refractivity contribution in [2.24, 2.45) is 0 Å². The molecule has 1 aromatic heterocycles. The van der Waals surface area contributed by atoms with E-state index in [2.05, 4.69) is 4.98 Å². The minimum atomic E-state index is -4.90. The third kappa shape index (κ3) is 2.78. The smallest absolute Gasteiger partial charge is 0.259 e. The summed E-state index contributed by atoms with van der Waals surface area (Å²) in [6.07, 6.45) is -9.44. The van der Waals surface area contributed by atoms with Crippen molar-refractivity contribution in [1.29, 1.82) is 0 Å². The minimum absolute atomic E-state index is 0.00468. The van der Waals surface area contributed by atoms with Crippen molar-refractivity contribution in [2.45, 2.75) is 18.2 Å². The average molecular weight is 264 g/mol. The molecule has 0 aliphatic carbocycles. The topological polar surface area (TPSA) is 12.9 Å². The van der Waals surface area contributed by atoms with Gasteiger partial charge in [-0.3, -0.25) is 4.98 Å². The molecule has 0 N–H and O–H groups in total. The predicted octanol–water partition coefficient (Wildman–Crippen LogP) is 3.86. The largest absolute Gasteiger partial charge is 0.418 e. The molecule has 1 rings (SSSR count). The van der Waals surface area contributed by atoms with E-state index in [0.29, 0.717) is 6.20 Å². The molecule has 0 aliphatic rings. The molecule has 0 saturated heterocycles. The van der Waals surface area contributed by atoms with Crippen molar-refractivity contribution < 1.29 is 26.3 Å². The molecular formula is C8H4ClF6N. The lowest BCUT2D eigenvalue weighted by molar-refractivity contribution is -0.143. The lowest BCUT2D eigenvalue weighted by atomic mass is 10.1. The van der Waals surface area contributed by atoms with Gasteiger partial charge in [0.2, 0.25) is 0 Å². The fourth-order valence-electron chi connectivity index (χ4n) is 1.00. The molecule has 16 heavy (non-hydrogen) atoms. The van der Waals surface area contributed by atoms with Crippen LogP contribution in [0.3, 0.4) is 0 Å². The van der Waals surface area contributed by atoms with Crippen molar-refractivity contribution in [3.63, 3.8) is 0 Å². The van der Waals surface area contributed by atoms with Crippen molar-refractivity contribution in [3.05, 3.63) is 29.1 Å². The molecule has 0 aromatic carbocycles. The number of nitrogens with zero attached hydrogens (tertiary/aromatic N) is 1. The third-order valence-electron chi connectivity index (χ3n) is 1.73. The molecule has 90 valence electrons. The van der Waals surface area contributed by atoms with Gasteiger partial charge in [-0.1, -0.05) is 0 Å². The van der Waals surface area contributed by atoms with Gasteiger partial charge in [-0.05, 0) is 6.07 Å². The number of pyridine rings is 1. The molecule has 8 heteroatoms. The van der Waals surface area contributed by atoms with Gasteiger partial charge in [0.1, 0.15) is 0 Å². The Balaban J connectivity index is 3.34. The predicted molar refractivity (Wildman–Crippen MR) is 43.8 cm³/mol. The number of aromatic nitrogens is 1. The summed E-state index contributed by atoms with van der Waals surface area (Å²) >= 11 is 5.16. The van der Waals surface area contributed by atoms with Crippen LogP contribution in [0.2, 0.25) is 0 Å². The van der Waals surface area contributed by atoms with Crippen LogP contribution in [0.25, 0.3) is 0 Å². The van der Waals surface area contributed by atoms with Crippen LogP contribution in [0.15, 0.2) is 12.3 Å². The number of halogens is 7. The van der Waals surface area contributed by atoms with Gasteiger partial charge in [0, 0.05) is 6.20 Å². The van der Waals surface area contributed by atoms with Crippen LogP contribution in [0.4, 0.5) is 26.3 Å². The molecule has 0 aliphatic heterocycles. The van der Waals surface area contributed by atoms with E-state index < -0.39 is 35.1 Å². The molecule has 1 aromatic rings. The highest BCUT2D eigenvalue weighted by Crippen LogP contribution is 2.36. The maximum Gasteiger partial charge on any atom is 0.418 e. The highest BCUT2D eigenvalue weighted by atomic mass is 35.5. The summed E-state index contributed by atoms with van der Waals surface area (Å²) in [7, 11) is 0. The summed E-state index contributed by atoms with van der Waals surface area (Å²) in [4.78, 5) is 3.06. The molecule has 0 spiro atoms. The van der Waals surface area contributed by atoms with Crippen LogP contribution in [0, 0.1) is 0 Å². The SMILES string of the molecule is FC(F)(F)c1cnc(CCl)c(C(F)(F)F)c1. The zero-order valence-electron chi connectivity index (χ0n) is 7.45. The first-order valence-electron chi connectivity index (χ1n) is 3.85. The second-order valence-electron chi connectivity index (χ2n) is 2.85. The average Bonchev–Trinajstić information content (AvgIpc) is 2.14. The Morgan fingerprint density at radius 1 is 1.06 bits per heavy atom. The zero-order chi connectivity index (χ0) is 12.6. The van der Waals surface area contributed by atoms with Crippen molar-refractivity contribution >= 4 is 11.6 Å². The summed E-state index contributed by atoms with van der Waals surface area (Å²) < 4.78 is 73.5. The summed E-state index contributed by atoms with van der Waals surface area (Å²) in [5, 5.41) is 0. The molecule has 1 heterocycles. The van der Waals surface area contributed by atoms with Gasteiger partial charge in [0.05, 0.1) is 22.7 Å². The Hall–Kier alpha value is -0.980. The Kier molecular flexibility index (Phi) is 3.37. The molecule has 0 saturated carbocycles. The van der Waals surface area contributed by atoms with Crippen LogP contribution in [-0.2, 0) is 18.2 Å². The fourth-order valence-corrected chi connectivity index (χ4v) is 1.21. The van der Waals surface area contributed by atoms with Gasteiger partial charge >= 0.3 is 12.4 Å². The van der Waals surface area contributed by atoms with Crippen molar-refractivity contribution in [1.82, 2.24) is 4.98 Å². The number of alkyl halides is 7. The summed E-state index contributed by atoms with van der Waals surface area (Å²) in [6, 6.07) is 0.00468. The first kappa shape index (κ1) is 13.1. The molecule has 0 atom stereocenters. The van der Waals surface area contributed by atoms with Crippen LogP contribution < -0.4 is 0 Å². The van der Waals surface area contributed by atoms with E-state index in [1.807, 2.05) is 0 Å². The van der Waals surface area contributed by atoms with E-state index in [4.69, 9.17) is 11.6 Å². The molecule has 0 radical (unpaired) electrons. The highest BCUT2D eigenvalue weighted by Gasteiger charge is 2.38. The molecule has 0 amide bonds. The molecular weight excluding hydrogens is 260 g/mol. The minimum Gasteiger partial charge on any atom is -0.259 e. The maximum absolute atomic E-state index is 12.3. The molecule has 0 fully saturated rings. The normalized spacial score (nSPS) is 12.9. The van der Waals surface area contributed by atoms with E-state index in [1.54, 1.807) is 0 Å².